The van der Waals surface area contributed by atoms with Gasteiger partial charge in [0.15, 0.2) is 6.29 Å². The third-order valence-corrected chi connectivity index (χ3v) is 5.04. The van der Waals surface area contributed by atoms with Gasteiger partial charge in [-0.05, 0) is 24.6 Å². The highest BCUT2D eigenvalue weighted by Gasteiger charge is 2.20. The van der Waals surface area contributed by atoms with E-state index in [-0.39, 0.29) is 6.54 Å². The summed E-state index contributed by atoms with van der Waals surface area (Å²) in [5.41, 5.74) is 3.15. The number of aromatic nitrogens is 1. The molecule has 0 aliphatic rings. The molecule has 0 saturated carbocycles. The number of hydrogen-bond acceptors (Lipinski definition) is 3. The van der Waals surface area contributed by atoms with Crippen LogP contribution in [0.2, 0.25) is 0 Å². The number of H-pyrrole nitrogens is 1. The lowest BCUT2D eigenvalue weighted by Gasteiger charge is -2.20. The first-order valence-corrected chi connectivity index (χ1v) is 9.33. The van der Waals surface area contributed by atoms with Gasteiger partial charge < -0.3 is 4.98 Å². The Morgan fingerprint density at radius 1 is 1.12 bits per heavy atom. The smallest absolute Gasteiger partial charge is 0.233 e. The van der Waals surface area contributed by atoms with Crippen LogP contribution in [0.4, 0.5) is 5.82 Å². The lowest BCUT2D eigenvalue weighted by molar-refractivity contribution is 0.112. The highest BCUT2D eigenvalue weighted by atomic mass is 32.2. The van der Waals surface area contributed by atoms with Crippen LogP contribution in [-0.4, -0.2) is 25.9 Å². The summed E-state index contributed by atoms with van der Waals surface area (Å²) >= 11 is 0. The van der Waals surface area contributed by atoms with Gasteiger partial charge in [0, 0.05) is 10.9 Å². The van der Waals surface area contributed by atoms with E-state index in [2.05, 4.69) is 4.98 Å². The second-order valence-corrected chi connectivity index (χ2v) is 7.75. The maximum absolute atomic E-state index is 12.3. The van der Waals surface area contributed by atoms with E-state index >= 15 is 0 Å². The van der Waals surface area contributed by atoms with E-state index in [1.807, 2.05) is 37.3 Å². The predicted octanol–water partition coefficient (Wildman–Crippen LogP) is 3.26. The number of carbonyl (C=O) groups is 1. The van der Waals surface area contributed by atoms with Crippen LogP contribution in [0.15, 0.2) is 48.5 Å². The Bertz CT molecular complexity index is 989. The third kappa shape index (κ3) is 3.19. The van der Waals surface area contributed by atoms with Gasteiger partial charge in [-0.1, -0.05) is 42.0 Å². The Balaban J connectivity index is 2.06. The number of aromatic amines is 1. The molecule has 0 spiro atoms. The Morgan fingerprint density at radius 3 is 2.46 bits per heavy atom. The van der Waals surface area contributed by atoms with Gasteiger partial charge in [-0.15, -0.1) is 0 Å². The van der Waals surface area contributed by atoms with Crippen molar-refractivity contribution in [2.45, 2.75) is 13.5 Å². The molecular weight excluding hydrogens is 324 g/mol. The monoisotopic (exact) mass is 342 g/mol. The number of para-hydroxylation sites is 1. The van der Waals surface area contributed by atoms with E-state index in [0.29, 0.717) is 16.9 Å². The molecule has 6 heteroatoms. The molecule has 1 aromatic heterocycles. The Labute approximate surface area is 141 Å². The number of hydrogen-bond donors (Lipinski definition) is 1. The molecule has 0 radical (unpaired) electrons. The molecule has 0 amide bonds. The van der Waals surface area contributed by atoms with Crippen LogP contribution in [-0.2, 0) is 16.6 Å². The molecule has 0 aliphatic heterocycles. The van der Waals surface area contributed by atoms with E-state index < -0.39 is 10.0 Å². The van der Waals surface area contributed by atoms with Gasteiger partial charge in [0.25, 0.3) is 0 Å². The molecule has 3 aromatic rings. The van der Waals surface area contributed by atoms with Gasteiger partial charge >= 0.3 is 0 Å². The van der Waals surface area contributed by atoms with Crippen LogP contribution in [0.5, 0.6) is 0 Å². The topological polar surface area (TPSA) is 70.2 Å². The van der Waals surface area contributed by atoms with Gasteiger partial charge in [0.1, 0.15) is 5.82 Å². The number of rotatable bonds is 5. The number of benzene rings is 2. The minimum absolute atomic E-state index is 0.225. The minimum Gasteiger partial charge on any atom is -0.340 e. The Hall–Kier alpha value is -2.60. The second kappa shape index (κ2) is 6.13. The van der Waals surface area contributed by atoms with E-state index in [1.54, 1.807) is 18.2 Å². The molecule has 2 aromatic carbocycles. The molecule has 1 N–H and O–H groups in total. The molecule has 1 heterocycles. The Morgan fingerprint density at radius 2 is 1.83 bits per heavy atom. The fourth-order valence-electron chi connectivity index (χ4n) is 2.64. The van der Waals surface area contributed by atoms with Crippen molar-refractivity contribution in [1.82, 2.24) is 4.98 Å². The summed E-state index contributed by atoms with van der Waals surface area (Å²) in [6.07, 6.45) is 1.93. The lowest BCUT2D eigenvalue weighted by atomic mass is 10.1. The van der Waals surface area contributed by atoms with Gasteiger partial charge in [-0.2, -0.15) is 0 Å². The number of fused-ring (bicyclic) bond motifs is 1. The molecule has 0 saturated heterocycles. The van der Waals surface area contributed by atoms with Crippen molar-refractivity contribution in [1.29, 1.82) is 0 Å². The summed E-state index contributed by atoms with van der Waals surface area (Å²) in [6.45, 7) is 2.21. The van der Waals surface area contributed by atoms with Crippen LogP contribution in [0, 0.1) is 6.92 Å². The van der Waals surface area contributed by atoms with Crippen LogP contribution in [0.3, 0.4) is 0 Å². The van der Waals surface area contributed by atoms with E-state index in [1.165, 1.54) is 10.6 Å². The molecule has 5 nitrogen and oxygen atoms in total. The lowest BCUT2D eigenvalue weighted by Crippen LogP contribution is -2.29. The number of nitrogens with one attached hydrogen (secondary N) is 1. The average Bonchev–Trinajstić information content (AvgIpc) is 2.96. The molecule has 0 bridgehead atoms. The standard InChI is InChI=1S/C18H18N2O3S/c1-13-6-8-14(9-7-13)11-20(24(2,22)23)17-10-15-4-3-5-16(12-21)18(15)19-17/h3-10,12,19H,11H2,1-2H3. The quantitative estimate of drug-likeness (QED) is 0.724. The summed E-state index contributed by atoms with van der Waals surface area (Å²) in [6, 6.07) is 14.8. The molecule has 0 fully saturated rings. The molecular formula is C18H18N2O3S. The second-order valence-electron chi connectivity index (χ2n) is 5.84. The zero-order valence-electron chi connectivity index (χ0n) is 13.5. The van der Waals surface area contributed by atoms with Crippen LogP contribution < -0.4 is 4.31 Å². The van der Waals surface area contributed by atoms with Crippen molar-refractivity contribution in [2.75, 3.05) is 10.6 Å². The molecule has 124 valence electrons. The Kier molecular flexibility index (Phi) is 4.15. The summed E-state index contributed by atoms with van der Waals surface area (Å²) in [4.78, 5) is 14.2. The third-order valence-electron chi connectivity index (χ3n) is 3.92. The first-order chi connectivity index (χ1) is 11.4. The van der Waals surface area contributed by atoms with Crippen LogP contribution >= 0.6 is 0 Å². The molecule has 0 aliphatic carbocycles. The van der Waals surface area contributed by atoms with Crippen molar-refractivity contribution >= 4 is 33.0 Å². The zero-order valence-corrected chi connectivity index (χ0v) is 14.3. The molecule has 0 atom stereocenters. The fraction of sp³-hybridized carbons (Fsp3) is 0.167. The summed E-state index contributed by atoms with van der Waals surface area (Å²) in [5.74, 6) is 0.447. The number of nitrogens with zero attached hydrogens (tertiary/aromatic N) is 1. The van der Waals surface area contributed by atoms with E-state index in [0.717, 1.165) is 22.8 Å². The molecule has 0 unspecified atom stereocenters. The maximum atomic E-state index is 12.3. The van der Waals surface area contributed by atoms with Crippen molar-refractivity contribution in [3.8, 4) is 0 Å². The summed E-state index contributed by atoms with van der Waals surface area (Å²) in [5, 5.41) is 0.798. The first kappa shape index (κ1) is 16.3. The number of aryl methyl sites for hydroxylation is 1. The number of sulfonamides is 1. The number of carbonyl (C=O) groups excluding carboxylic acids is 1. The SMILES string of the molecule is Cc1ccc(CN(c2cc3cccc(C=O)c3[nH]2)S(C)(=O)=O)cc1. The minimum atomic E-state index is -3.48. The number of anilines is 1. The highest BCUT2D eigenvalue weighted by molar-refractivity contribution is 7.92. The summed E-state index contributed by atoms with van der Waals surface area (Å²) in [7, 11) is -3.48. The van der Waals surface area contributed by atoms with Crippen LogP contribution in [0.1, 0.15) is 21.5 Å². The van der Waals surface area contributed by atoms with Gasteiger partial charge in [0.2, 0.25) is 10.0 Å². The highest BCUT2D eigenvalue weighted by Crippen LogP contribution is 2.26. The van der Waals surface area contributed by atoms with Crippen molar-refractivity contribution in [3.63, 3.8) is 0 Å². The van der Waals surface area contributed by atoms with Crippen molar-refractivity contribution < 1.29 is 13.2 Å². The molecule has 24 heavy (non-hydrogen) atoms. The largest absolute Gasteiger partial charge is 0.340 e. The maximum Gasteiger partial charge on any atom is 0.233 e. The van der Waals surface area contributed by atoms with E-state index in [4.69, 9.17) is 0 Å². The molecule has 3 rings (SSSR count). The summed E-state index contributed by atoms with van der Waals surface area (Å²) < 4.78 is 25.9. The van der Waals surface area contributed by atoms with Crippen molar-refractivity contribution in [2.24, 2.45) is 0 Å². The van der Waals surface area contributed by atoms with E-state index in [9.17, 15) is 13.2 Å². The normalized spacial score (nSPS) is 11.6. The number of aldehydes is 1. The zero-order chi connectivity index (χ0) is 17.3. The van der Waals surface area contributed by atoms with Crippen LogP contribution in [0.25, 0.3) is 10.9 Å². The van der Waals surface area contributed by atoms with Crippen molar-refractivity contribution in [3.05, 3.63) is 65.2 Å². The fourth-order valence-corrected chi connectivity index (χ4v) is 3.48. The van der Waals surface area contributed by atoms with Gasteiger partial charge in [-0.25, -0.2) is 8.42 Å². The first-order valence-electron chi connectivity index (χ1n) is 7.48. The van der Waals surface area contributed by atoms with Gasteiger partial charge in [-0.3, -0.25) is 9.10 Å². The predicted molar refractivity (Wildman–Crippen MR) is 95.9 cm³/mol. The average molecular weight is 342 g/mol. The van der Waals surface area contributed by atoms with Gasteiger partial charge in [0.05, 0.1) is 18.3 Å².